The van der Waals surface area contributed by atoms with Gasteiger partial charge in [0, 0.05) is 17.3 Å². The normalized spacial score (nSPS) is 9.89. The molecular formula is C24H24N4. The average molecular weight is 368 g/mol. The van der Waals surface area contributed by atoms with Gasteiger partial charge in [-0.1, -0.05) is 60.5 Å². The molecule has 0 bridgehead atoms. The first kappa shape index (κ1) is 18.9. The van der Waals surface area contributed by atoms with Crippen molar-refractivity contribution < 1.29 is 0 Å². The summed E-state index contributed by atoms with van der Waals surface area (Å²) in [6.45, 7) is 4.04. The molecular weight excluding hydrogens is 344 g/mol. The van der Waals surface area contributed by atoms with Gasteiger partial charge in [-0.25, -0.2) is 0 Å². The van der Waals surface area contributed by atoms with Crippen molar-refractivity contribution in [1.82, 2.24) is 10.9 Å². The van der Waals surface area contributed by atoms with Gasteiger partial charge in [-0.3, -0.25) is 10.9 Å². The van der Waals surface area contributed by atoms with Crippen LogP contribution in [0.15, 0.2) is 78.4 Å². The largest absolute Gasteiger partial charge is 0.397 e. The zero-order chi connectivity index (χ0) is 19.9. The van der Waals surface area contributed by atoms with Crippen LogP contribution in [0, 0.1) is 12.5 Å². The van der Waals surface area contributed by atoms with E-state index in [9.17, 15) is 0 Å². The van der Waals surface area contributed by atoms with Gasteiger partial charge in [0.2, 0.25) is 0 Å². The van der Waals surface area contributed by atoms with Gasteiger partial charge in [0.05, 0.1) is 17.1 Å². The number of rotatable bonds is 6. The van der Waals surface area contributed by atoms with E-state index >= 15 is 0 Å². The minimum Gasteiger partial charge on any atom is -0.397 e. The minimum absolute atomic E-state index is 0.673. The fourth-order valence-corrected chi connectivity index (χ4v) is 2.97. The standard InChI is InChI=1S/C24H24N4/c1-4-26-28-24(17(2)3)20-13-14-22(25)23(16-20)27-21-12-8-11-19(15-21)18-9-6-5-7-10-18/h1,5-16,26-28H,25H2,2-3H3. The van der Waals surface area contributed by atoms with E-state index in [2.05, 4.69) is 46.5 Å². The summed E-state index contributed by atoms with van der Waals surface area (Å²) in [4.78, 5) is 0. The first-order valence-corrected chi connectivity index (χ1v) is 9.05. The number of hydrogen-bond acceptors (Lipinski definition) is 4. The van der Waals surface area contributed by atoms with Crippen LogP contribution in [0.1, 0.15) is 19.4 Å². The van der Waals surface area contributed by atoms with E-state index in [0.717, 1.165) is 33.8 Å². The maximum atomic E-state index is 6.22. The maximum Gasteiger partial charge on any atom is 0.0624 e. The second-order valence-corrected chi connectivity index (χ2v) is 6.64. The van der Waals surface area contributed by atoms with Crippen LogP contribution in [0.3, 0.4) is 0 Å². The van der Waals surface area contributed by atoms with Gasteiger partial charge < -0.3 is 11.1 Å². The van der Waals surface area contributed by atoms with Crippen LogP contribution in [0.4, 0.5) is 17.1 Å². The SMILES string of the molecule is C#CNNC(=C(C)C)c1ccc(N)c(Nc2cccc(-c3ccccc3)c2)c1. The van der Waals surface area contributed by atoms with Crippen molar-refractivity contribution in [2.75, 3.05) is 11.1 Å². The van der Waals surface area contributed by atoms with Crippen LogP contribution >= 0.6 is 0 Å². The first-order valence-electron chi connectivity index (χ1n) is 9.05. The average Bonchev–Trinajstić information content (AvgIpc) is 2.71. The highest BCUT2D eigenvalue weighted by Crippen LogP contribution is 2.29. The summed E-state index contributed by atoms with van der Waals surface area (Å²) >= 11 is 0. The molecule has 0 amide bonds. The van der Waals surface area contributed by atoms with Gasteiger partial charge in [-0.2, -0.15) is 0 Å². The Balaban J connectivity index is 1.91. The second-order valence-electron chi connectivity index (χ2n) is 6.64. The number of hydrogen-bond donors (Lipinski definition) is 4. The third-order valence-electron chi connectivity index (χ3n) is 4.35. The molecule has 0 spiro atoms. The molecule has 0 aliphatic carbocycles. The summed E-state index contributed by atoms with van der Waals surface area (Å²) in [7, 11) is 0. The van der Waals surface area contributed by atoms with Crippen LogP contribution in [0.25, 0.3) is 16.8 Å². The Kier molecular flexibility index (Phi) is 5.88. The molecule has 0 aromatic heterocycles. The number of benzene rings is 3. The van der Waals surface area contributed by atoms with Crippen molar-refractivity contribution in [3.05, 3.63) is 83.9 Å². The van der Waals surface area contributed by atoms with Crippen molar-refractivity contribution in [2.45, 2.75) is 13.8 Å². The van der Waals surface area contributed by atoms with E-state index in [1.54, 1.807) is 0 Å². The molecule has 0 saturated carbocycles. The van der Waals surface area contributed by atoms with Crippen LogP contribution in [-0.2, 0) is 0 Å². The molecule has 0 aliphatic rings. The Morgan fingerprint density at radius 2 is 1.64 bits per heavy atom. The Labute approximate surface area is 166 Å². The zero-order valence-corrected chi connectivity index (χ0v) is 16.1. The molecule has 5 N–H and O–H groups in total. The fraction of sp³-hybridized carbons (Fsp3) is 0.0833. The highest BCUT2D eigenvalue weighted by Gasteiger charge is 2.08. The lowest BCUT2D eigenvalue weighted by molar-refractivity contribution is 0.818. The van der Waals surface area contributed by atoms with Crippen LogP contribution in [0.5, 0.6) is 0 Å². The smallest absolute Gasteiger partial charge is 0.0624 e. The summed E-state index contributed by atoms with van der Waals surface area (Å²) < 4.78 is 0. The van der Waals surface area contributed by atoms with Crippen molar-refractivity contribution in [1.29, 1.82) is 0 Å². The molecule has 0 saturated heterocycles. The van der Waals surface area contributed by atoms with Crippen molar-refractivity contribution in [3.63, 3.8) is 0 Å². The highest BCUT2D eigenvalue weighted by atomic mass is 15.3. The zero-order valence-electron chi connectivity index (χ0n) is 16.1. The quantitative estimate of drug-likeness (QED) is 0.211. The summed E-state index contributed by atoms with van der Waals surface area (Å²) in [6, 6.07) is 26.8. The van der Waals surface area contributed by atoms with Gasteiger partial charge in [0.15, 0.2) is 0 Å². The minimum atomic E-state index is 0.673. The molecule has 0 fully saturated rings. The maximum absolute atomic E-state index is 6.22. The lowest BCUT2D eigenvalue weighted by atomic mass is 10.0. The number of nitrogens with two attached hydrogens (primary N) is 1. The molecule has 3 aromatic carbocycles. The molecule has 140 valence electrons. The molecule has 3 aromatic rings. The van der Waals surface area contributed by atoms with E-state index in [0.29, 0.717) is 5.69 Å². The Morgan fingerprint density at radius 1 is 0.893 bits per heavy atom. The topological polar surface area (TPSA) is 62.1 Å². The lowest BCUT2D eigenvalue weighted by Gasteiger charge is -2.16. The van der Waals surface area contributed by atoms with Gasteiger partial charge in [-0.05, 0) is 49.2 Å². The number of nitrogen functional groups attached to an aromatic ring is 1. The first-order chi connectivity index (χ1) is 13.6. The molecule has 3 rings (SSSR count). The third-order valence-corrected chi connectivity index (χ3v) is 4.35. The molecule has 4 nitrogen and oxygen atoms in total. The van der Waals surface area contributed by atoms with E-state index in [4.69, 9.17) is 12.2 Å². The van der Waals surface area contributed by atoms with Crippen LogP contribution in [-0.4, -0.2) is 0 Å². The highest BCUT2D eigenvalue weighted by molar-refractivity contribution is 5.80. The van der Waals surface area contributed by atoms with Crippen molar-refractivity contribution >= 4 is 22.8 Å². The third kappa shape index (κ3) is 4.46. The molecule has 0 unspecified atom stereocenters. The predicted octanol–water partition coefficient (Wildman–Crippen LogP) is 5.12. The van der Waals surface area contributed by atoms with E-state index in [1.165, 1.54) is 5.56 Å². The molecule has 0 aliphatic heterocycles. The van der Waals surface area contributed by atoms with Gasteiger partial charge in [-0.15, -0.1) is 0 Å². The monoisotopic (exact) mass is 368 g/mol. The predicted molar refractivity (Wildman–Crippen MR) is 119 cm³/mol. The van der Waals surface area contributed by atoms with E-state index < -0.39 is 0 Å². The number of anilines is 3. The second kappa shape index (κ2) is 8.70. The Bertz CT molecular complexity index is 1030. The van der Waals surface area contributed by atoms with E-state index in [1.807, 2.05) is 62.4 Å². The van der Waals surface area contributed by atoms with Gasteiger partial charge in [0.1, 0.15) is 0 Å². The molecule has 0 heterocycles. The lowest BCUT2D eigenvalue weighted by Crippen LogP contribution is -2.26. The molecule has 0 radical (unpaired) electrons. The van der Waals surface area contributed by atoms with Crippen LogP contribution < -0.4 is 21.9 Å². The number of terminal acetylenes is 1. The van der Waals surface area contributed by atoms with Crippen LogP contribution in [0.2, 0.25) is 0 Å². The molecule has 28 heavy (non-hydrogen) atoms. The summed E-state index contributed by atoms with van der Waals surface area (Å²) in [5.74, 6) is 0. The fourth-order valence-electron chi connectivity index (χ4n) is 2.97. The van der Waals surface area contributed by atoms with Crippen molar-refractivity contribution in [2.24, 2.45) is 0 Å². The number of allylic oxidation sites excluding steroid dienone is 1. The number of nitrogens with one attached hydrogen (secondary N) is 3. The van der Waals surface area contributed by atoms with Gasteiger partial charge >= 0.3 is 0 Å². The van der Waals surface area contributed by atoms with Crippen molar-refractivity contribution in [3.8, 4) is 23.6 Å². The molecule has 4 heteroatoms. The van der Waals surface area contributed by atoms with Gasteiger partial charge in [0.25, 0.3) is 0 Å². The number of hydrazine groups is 1. The Hall–Kier alpha value is -3.84. The summed E-state index contributed by atoms with van der Waals surface area (Å²) in [5.41, 5.74) is 19.8. The summed E-state index contributed by atoms with van der Waals surface area (Å²) in [6.07, 6.45) is 5.29. The molecule has 0 atom stereocenters. The van der Waals surface area contributed by atoms with E-state index in [-0.39, 0.29) is 0 Å². The summed E-state index contributed by atoms with van der Waals surface area (Å²) in [5, 5.41) is 3.44. The Morgan fingerprint density at radius 3 is 2.36 bits per heavy atom.